The van der Waals surface area contributed by atoms with Crippen LogP contribution in [-0.2, 0) is 4.79 Å². The highest BCUT2D eigenvalue weighted by molar-refractivity contribution is 5.81. The van der Waals surface area contributed by atoms with Gasteiger partial charge in [-0.2, -0.15) is 5.26 Å². The van der Waals surface area contributed by atoms with Gasteiger partial charge in [-0.25, -0.2) is 0 Å². The largest absolute Gasteiger partial charge is 0.486 e. The second-order valence-electron chi connectivity index (χ2n) is 3.43. The number of nitriles is 1. The summed E-state index contributed by atoms with van der Waals surface area (Å²) < 4.78 is 5.33. The molecule has 0 aliphatic rings. The van der Waals surface area contributed by atoms with E-state index in [0.29, 0.717) is 5.75 Å². The summed E-state index contributed by atoms with van der Waals surface area (Å²) in [5.74, 6) is 0.514. The fraction of sp³-hybridized carbons (Fsp3) is 0.333. The number of carbonyl (C=O) groups is 1. The van der Waals surface area contributed by atoms with Crippen LogP contribution in [0.4, 0.5) is 0 Å². The molecule has 0 atom stereocenters. The van der Waals surface area contributed by atoms with Gasteiger partial charge in [0.25, 0.3) is 0 Å². The van der Waals surface area contributed by atoms with Crippen LogP contribution >= 0.6 is 0 Å². The van der Waals surface area contributed by atoms with Crippen LogP contribution in [-0.4, -0.2) is 12.4 Å². The zero-order valence-electron chi connectivity index (χ0n) is 8.91. The monoisotopic (exact) mass is 203 g/mol. The van der Waals surface area contributed by atoms with Crippen LogP contribution in [0.3, 0.4) is 0 Å². The minimum absolute atomic E-state index is 0.0299. The van der Waals surface area contributed by atoms with Crippen molar-refractivity contribution in [2.75, 3.05) is 6.61 Å². The van der Waals surface area contributed by atoms with E-state index in [1.807, 2.05) is 32.0 Å². The van der Waals surface area contributed by atoms with E-state index in [9.17, 15) is 4.79 Å². The minimum atomic E-state index is -0.196. The van der Waals surface area contributed by atoms with Gasteiger partial charge in [0.05, 0.1) is 12.5 Å². The molecule has 0 radical (unpaired) electrons. The van der Waals surface area contributed by atoms with Crippen LogP contribution < -0.4 is 4.74 Å². The molecule has 0 aliphatic carbocycles. The standard InChI is InChI=1S/C12H13NO2/c1-9-3-4-10(2)12(7-9)15-8-11(14)5-6-13/h3-4,7H,5,8H2,1-2H3. The summed E-state index contributed by atoms with van der Waals surface area (Å²) in [6.45, 7) is 3.85. The third-order valence-corrected chi connectivity index (χ3v) is 2.01. The van der Waals surface area contributed by atoms with Crippen molar-refractivity contribution in [2.24, 2.45) is 0 Å². The van der Waals surface area contributed by atoms with Gasteiger partial charge in [0.15, 0.2) is 5.78 Å². The Labute approximate surface area is 89.3 Å². The lowest BCUT2D eigenvalue weighted by Crippen LogP contribution is -2.10. The molecule has 0 saturated carbocycles. The molecule has 78 valence electrons. The number of ether oxygens (including phenoxy) is 1. The van der Waals surface area contributed by atoms with Gasteiger partial charge in [-0.1, -0.05) is 12.1 Å². The van der Waals surface area contributed by atoms with Crippen molar-refractivity contribution < 1.29 is 9.53 Å². The molecule has 0 saturated heterocycles. The summed E-state index contributed by atoms with van der Waals surface area (Å²) in [5.41, 5.74) is 2.08. The number of Topliss-reactive ketones (excluding diaryl/α,β-unsaturated/α-hetero) is 1. The smallest absolute Gasteiger partial charge is 0.184 e. The van der Waals surface area contributed by atoms with Crippen LogP contribution in [0.25, 0.3) is 0 Å². The molecule has 1 aromatic carbocycles. The number of nitrogens with zero attached hydrogens (tertiary/aromatic N) is 1. The maximum Gasteiger partial charge on any atom is 0.184 e. The van der Waals surface area contributed by atoms with E-state index in [-0.39, 0.29) is 18.8 Å². The summed E-state index contributed by atoms with van der Waals surface area (Å²) in [7, 11) is 0. The number of ketones is 1. The zero-order chi connectivity index (χ0) is 11.3. The molecular weight excluding hydrogens is 190 g/mol. The lowest BCUT2D eigenvalue weighted by Gasteiger charge is -2.08. The first kappa shape index (κ1) is 11.3. The minimum Gasteiger partial charge on any atom is -0.486 e. The first-order chi connectivity index (χ1) is 7.13. The van der Waals surface area contributed by atoms with Gasteiger partial charge in [-0.15, -0.1) is 0 Å². The number of aryl methyl sites for hydroxylation is 2. The van der Waals surface area contributed by atoms with E-state index >= 15 is 0 Å². The average Bonchev–Trinajstić information content (AvgIpc) is 2.20. The predicted octanol–water partition coefficient (Wildman–Crippen LogP) is 2.17. The molecule has 0 bridgehead atoms. The van der Waals surface area contributed by atoms with Gasteiger partial charge in [0.2, 0.25) is 0 Å². The summed E-state index contributed by atoms with van der Waals surface area (Å²) in [4.78, 5) is 11.1. The highest BCUT2D eigenvalue weighted by Gasteiger charge is 2.04. The SMILES string of the molecule is Cc1ccc(C)c(OCC(=O)CC#N)c1. The Morgan fingerprint density at radius 2 is 2.20 bits per heavy atom. The van der Waals surface area contributed by atoms with Crippen LogP contribution in [0.15, 0.2) is 18.2 Å². The van der Waals surface area contributed by atoms with Gasteiger partial charge < -0.3 is 4.74 Å². The van der Waals surface area contributed by atoms with Gasteiger partial charge >= 0.3 is 0 Å². The molecule has 0 unspecified atom stereocenters. The van der Waals surface area contributed by atoms with E-state index in [1.165, 1.54) is 0 Å². The molecule has 0 aromatic heterocycles. The average molecular weight is 203 g/mol. The summed E-state index contributed by atoms with van der Waals surface area (Å²) in [6, 6.07) is 7.61. The van der Waals surface area contributed by atoms with Crippen molar-refractivity contribution in [2.45, 2.75) is 20.3 Å². The molecule has 0 aliphatic heterocycles. The Morgan fingerprint density at radius 1 is 1.47 bits per heavy atom. The van der Waals surface area contributed by atoms with Gasteiger partial charge in [0.1, 0.15) is 12.4 Å². The number of benzene rings is 1. The highest BCUT2D eigenvalue weighted by atomic mass is 16.5. The summed E-state index contributed by atoms with van der Waals surface area (Å²) >= 11 is 0. The molecule has 0 heterocycles. The second kappa shape index (κ2) is 5.16. The second-order valence-corrected chi connectivity index (χ2v) is 3.43. The van der Waals surface area contributed by atoms with Crippen LogP contribution in [0.5, 0.6) is 5.75 Å². The summed E-state index contributed by atoms with van der Waals surface area (Å²) in [6.07, 6.45) is -0.0924. The van der Waals surface area contributed by atoms with E-state index in [0.717, 1.165) is 11.1 Å². The fourth-order valence-electron chi connectivity index (χ4n) is 1.16. The van der Waals surface area contributed by atoms with Crippen molar-refractivity contribution in [1.29, 1.82) is 5.26 Å². The molecule has 0 spiro atoms. The van der Waals surface area contributed by atoms with Gasteiger partial charge in [-0.05, 0) is 31.0 Å². The lowest BCUT2D eigenvalue weighted by molar-refractivity contribution is -0.120. The van der Waals surface area contributed by atoms with Crippen LogP contribution in [0.1, 0.15) is 17.5 Å². The third kappa shape index (κ3) is 3.43. The Kier molecular flexibility index (Phi) is 3.87. The Bertz CT molecular complexity index is 405. The van der Waals surface area contributed by atoms with Crippen molar-refractivity contribution >= 4 is 5.78 Å². The van der Waals surface area contributed by atoms with Crippen molar-refractivity contribution in [3.8, 4) is 11.8 Å². The van der Waals surface area contributed by atoms with Crippen LogP contribution in [0.2, 0.25) is 0 Å². The fourth-order valence-corrected chi connectivity index (χ4v) is 1.16. The zero-order valence-corrected chi connectivity index (χ0v) is 8.91. The molecule has 1 rings (SSSR count). The Balaban J connectivity index is 2.61. The van der Waals surface area contributed by atoms with Crippen molar-refractivity contribution in [3.05, 3.63) is 29.3 Å². The first-order valence-electron chi connectivity index (χ1n) is 4.72. The van der Waals surface area contributed by atoms with Crippen molar-refractivity contribution in [3.63, 3.8) is 0 Å². The number of carbonyl (C=O) groups excluding carboxylic acids is 1. The van der Waals surface area contributed by atoms with E-state index in [1.54, 1.807) is 6.07 Å². The maximum absolute atomic E-state index is 11.1. The number of rotatable bonds is 4. The number of hydrogen-bond acceptors (Lipinski definition) is 3. The van der Waals surface area contributed by atoms with Gasteiger partial charge in [-0.3, -0.25) is 4.79 Å². The molecule has 1 aromatic rings. The maximum atomic E-state index is 11.1. The Morgan fingerprint density at radius 3 is 2.87 bits per heavy atom. The number of hydrogen-bond donors (Lipinski definition) is 0. The van der Waals surface area contributed by atoms with Crippen LogP contribution in [0, 0.1) is 25.2 Å². The topological polar surface area (TPSA) is 50.1 Å². The Hall–Kier alpha value is -1.82. The lowest BCUT2D eigenvalue weighted by atomic mass is 10.1. The highest BCUT2D eigenvalue weighted by Crippen LogP contribution is 2.18. The van der Waals surface area contributed by atoms with E-state index in [2.05, 4.69) is 0 Å². The van der Waals surface area contributed by atoms with E-state index < -0.39 is 0 Å². The van der Waals surface area contributed by atoms with E-state index in [4.69, 9.17) is 10.00 Å². The molecule has 0 amide bonds. The summed E-state index contributed by atoms with van der Waals surface area (Å²) in [5, 5.41) is 8.31. The molecule has 0 N–H and O–H groups in total. The molecule has 15 heavy (non-hydrogen) atoms. The normalized spacial score (nSPS) is 9.40. The molecular formula is C12H13NO2. The molecule has 3 heteroatoms. The molecule has 0 fully saturated rings. The van der Waals surface area contributed by atoms with Crippen molar-refractivity contribution in [1.82, 2.24) is 0 Å². The third-order valence-electron chi connectivity index (χ3n) is 2.01. The molecule has 3 nitrogen and oxygen atoms in total. The first-order valence-corrected chi connectivity index (χ1v) is 4.72. The van der Waals surface area contributed by atoms with Gasteiger partial charge in [0, 0.05) is 0 Å². The predicted molar refractivity (Wildman–Crippen MR) is 56.6 cm³/mol. The quantitative estimate of drug-likeness (QED) is 0.753.